The third-order valence-electron chi connectivity index (χ3n) is 5.49. The molecule has 17 heavy (non-hydrogen) atoms. The zero-order valence-corrected chi connectivity index (χ0v) is 11.7. The average molecular weight is 236 g/mol. The van der Waals surface area contributed by atoms with Crippen molar-refractivity contribution in [3.05, 3.63) is 0 Å². The maximum Gasteiger partial charge on any atom is 0.0309 e. The van der Waals surface area contributed by atoms with E-state index in [1.807, 2.05) is 0 Å². The van der Waals surface area contributed by atoms with Gasteiger partial charge in [0.05, 0.1) is 0 Å². The van der Waals surface area contributed by atoms with Crippen LogP contribution in [0.15, 0.2) is 0 Å². The van der Waals surface area contributed by atoms with Gasteiger partial charge in [0.1, 0.15) is 0 Å². The number of piperazine rings is 1. The van der Waals surface area contributed by atoms with Crippen molar-refractivity contribution in [3.63, 3.8) is 0 Å². The Morgan fingerprint density at radius 3 is 2.47 bits per heavy atom. The molecule has 0 amide bonds. The lowest BCUT2D eigenvalue weighted by Gasteiger charge is -2.48. The van der Waals surface area contributed by atoms with E-state index in [1.165, 1.54) is 45.2 Å². The highest BCUT2D eigenvalue weighted by molar-refractivity contribution is 5.05. The predicted octanol–water partition coefficient (Wildman–Crippen LogP) is 2.64. The fraction of sp³-hybridized carbons (Fsp3) is 1.00. The molecule has 1 N–H and O–H groups in total. The lowest BCUT2D eigenvalue weighted by Crippen LogP contribution is -2.65. The van der Waals surface area contributed by atoms with Crippen molar-refractivity contribution >= 4 is 0 Å². The fourth-order valence-corrected chi connectivity index (χ4v) is 4.05. The molecule has 4 unspecified atom stereocenters. The average Bonchev–Trinajstić information content (AvgIpc) is 3.07. The Hall–Kier alpha value is -0.0800. The summed E-state index contributed by atoms with van der Waals surface area (Å²) in [4.78, 5) is 2.83. The van der Waals surface area contributed by atoms with Crippen molar-refractivity contribution in [2.24, 2.45) is 11.8 Å². The van der Waals surface area contributed by atoms with Gasteiger partial charge in [-0.15, -0.1) is 0 Å². The summed E-state index contributed by atoms with van der Waals surface area (Å²) in [6, 6.07) is 1.61. The molecule has 1 saturated heterocycles. The Morgan fingerprint density at radius 2 is 1.88 bits per heavy atom. The van der Waals surface area contributed by atoms with Crippen LogP contribution in [0.4, 0.5) is 0 Å². The molecular formula is C15H28N2. The van der Waals surface area contributed by atoms with Gasteiger partial charge in [0.25, 0.3) is 0 Å². The Kier molecular flexibility index (Phi) is 2.99. The molecule has 98 valence electrons. The lowest BCUT2D eigenvalue weighted by molar-refractivity contribution is 0.0469. The number of hydrogen-bond acceptors (Lipinski definition) is 2. The third kappa shape index (κ3) is 2.26. The van der Waals surface area contributed by atoms with Gasteiger partial charge in [0, 0.05) is 30.7 Å². The Balaban J connectivity index is 1.69. The van der Waals surface area contributed by atoms with E-state index in [0.29, 0.717) is 5.54 Å². The number of nitrogens with zero attached hydrogens (tertiary/aromatic N) is 1. The van der Waals surface area contributed by atoms with Gasteiger partial charge >= 0.3 is 0 Å². The first kappa shape index (κ1) is 12.0. The lowest BCUT2D eigenvalue weighted by atomic mass is 9.90. The molecule has 0 aromatic rings. The van der Waals surface area contributed by atoms with Crippen LogP contribution in [0, 0.1) is 11.8 Å². The van der Waals surface area contributed by atoms with E-state index in [9.17, 15) is 0 Å². The van der Waals surface area contributed by atoms with Crippen LogP contribution in [0.2, 0.25) is 0 Å². The summed E-state index contributed by atoms with van der Waals surface area (Å²) in [5, 5.41) is 3.83. The van der Waals surface area contributed by atoms with Gasteiger partial charge in [-0.05, 0) is 57.8 Å². The topological polar surface area (TPSA) is 15.3 Å². The molecule has 3 fully saturated rings. The Morgan fingerprint density at radius 1 is 1.12 bits per heavy atom. The highest BCUT2D eigenvalue weighted by atomic mass is 15.3. The molecule has 0 bridgehead atoms. The first-order valence-corrected chi connectivity index (χ1v) is 7.59. The Bertz CT molecular complexity index is 287. The summed E-state index contributed by atoms with van der Waals surface area (Å²) in [5.41, 5.74) is 0.415. The fourth-order valence-electron chi connectivity index (χ4n) is 4.05. The summed E-state index contributed by atoms with van der Waals surface area (Å²) >= 11 is 0. The van der Waals surface area contributed by atoms with Crippen molar-refractivity contribution in [2.45, 2.75) is 70.5 Å². The van der Waals surface area contributed by atoms with E-state index >= 15 is 0 Å². The normalized spacial score (nSPS) is 48.5. The van der Waals surface area contributed by atoms with Crippen molar-refractivity contribution in [3.8, 4) is 0 Å². The molecule has 3 rings (SSSR count). The maximum absolute atomic E-state index is 3.83. The second-order valence-corrected chi connectivity index (χ2v) is 7.17. The van der Waals surface area contributed by atoms with Crippen LogP contribution in [0.3, 0.4) is 0 Å². The minimum Gasteiger partial charge on any atom is -0.308 e. The van der Waals surface area contributed by atoms with Crippen LogP contribution >= 0.6 is 0 Å². The summed E-state index contributed by atoms with van der Waals surface area (Å²) < 4.78 is 0. The largest absolute Gasteiger partial charge is 0.308 e. The van der Waals surface area contributed by atoms with E-state index in [-0.39, 0.29) is 0 Å². The van der Waals surface area contributed by atoms with E-state index in [0.717, 1.165) is 23.9 Å². The molecule has 2 saturated carbocycles. The van der Waals surface area contributed by atoms with Crippen LogP contribution in [-0.2, 0) is 0 Å². The number of rotatable bonds is 2. The standard InChI is InChI=1S/C15H28N2/c1-11-4-7-14(8-11)17-10-15(3,13-5-6-13)16-9-12(17)2/h11-14,16H,4-10H2,1-3H3. The number of nitrogens with one attached hydrogen (secondary N) is 1. The summed E-state index contributed by atoms with van der Waals surface area (Å²) in [6.45, 7) is 9.77. The minimum absolute atomic E-state index is 0.415. The van der Waals surface area contributed by atoms with Gasteiger partial charge in [-0.3, -0.25) is 4.90 Å². The molecule has 2 heteroatoms. The number of hydrogen-bond donors (Lipinski definition) is 1. The van der Waals surface area contributed by atoms with E-state index in [4.69, 9.17) is 0 Å². The molecule has 2 aliphatic carbocycles. The van der Waals surface area contributed by atoms with Gasteiger partial charge in [-0.2, -0.15) is 0 Å². The van der Waals surface area contributed by atoms with E-state index in [1.54, 1.807) is 0 Å². The van der Waals surface area contributed by atoms with E-state index < -0.39 is 0 Å². The second kappa shape index (κ2) is 4.24. The molecular weight excluding hydrogens is 208 g/mol. The zero-order chi connectivity index (χ0) is 12.0. The van der Waals surface area contributed by atoms with Gasteiger partial charge in [-0.1, -0.05) is 6.92 Å². The van der Waals surface area contributed by atoms with Crippen molar-refractivity contribution in [2.75, 3.05) is 13.1 Å². The highest BCUT2D eigenvalue weighted by Gasteiger charge is 2.46. The van der Waals surface area contributed by atoms with Gasteiger partial charge < -0.3 is 5.32 Å². The molecule has 0 aromatic heterocycles. The maximum atomic E-state index is 3.83. The first-order valence-electron chi connectivity index (χ1n) is 7.59. The summed E-state index contributed by atoms with van der Waals surface area (Å²) in [7, 11) is 0. The van der Waals surface area contributed by atoms with Crippen LogP contribution in [0.5, 0.6) is 0 Å². The van der Waals surface area contributed by atoms with Crippen molar-refractivity contribution in [1.29, 1.82) is 0 Å². The van der Waals surface area contributed by atoms with Crippen molar-refractivity contribution < 1.29 is 0 Å². The van der Waals surface area contributed by atoms with Gasteiger partial charge in [0.15, 0.2) is 0 Å². The minimum atomic E-state index is 0.415. The monoisotopic (exact) mass is 236 g/mol. The molecule has 1 heterocycles. The summed E-state index contributed by atoms with van der Waals surface area (Å²) in [6.07, 6.45) is 7.22. The molecule has 2 nitrogen and oxygen atoms in total. The molecule has 1 aliphatic heterocycles. The van der Waals surface area contributed by atoms with Crippen molar-refractivity contribution in [1.82, 2.24) is 10.2 Å². The second-order valence-electron chi connectivity index (χ2n) is 7.17. The van der Waals surface area contributed by atoms with Crippen LogP contribution in [-0.4, -0.2) is 35.6 Å². The zero-order valence-electron chi connectivity index (χ0n) is 11.7. The smallest absolute Gasteiger partial charge is 0.0309 e. The van der Waals surface area contributed by atoms with Gasteiger partial charge in [0.2, 0.25) is 0 Å². The Labute approximate surface area is 106 Å². The van der Waals surface area contributed by atoms with Crippen LogP contribution < -0.4 is 5.32 Å². The summed E-state index contributed by atoms with van der Waals surface area (Å²) in [5.74, 6) is 1.91. The van der Waals surface area contributed by atoms with E-state index in [2.05, 4.69) is 31.0 Å². The molecule has 0 radical (unpaired) electrons. The van der Waals surface area contributed by atoms with Crippen LogP contribution in [0.25, 0.3) is 0 Å². The molecule has 3 aliphatic rings. The molecule has 0 aromatic carbocycles. The first-order chi connectivity index (χ1) is 8.08. The molecule has 0 spiro atoms. The predicted molar refractivity (Wildman–Crippen MR) is 72.1 cm³/mol. The van der Waals surface area contributed by atoms with Crippen LogP contribution in [0.1, 0.15) is 52.9 Å². The SMILES string of the molecule is CC1CCC(N2CC(C)(C3CC3)NCC2C)C1. The molecule has 4 atom stereocenters. The third-order valence-corrected chi connectivity index (χ3v) is 5.49. The highest BCUT2D eigenvalue weighted by Crippen LogP contribution is 2.42. The quantitative estimate of drug-likeness (QED) is 0.793. The van der Waals surface area contributed by atoms with Gasteiger partial charge in [-0.25, -0.2) is 0 Å².